The normalized spacial score (nSPS) is 35.8. The molecule has 0 bridgehead atoms. The summed E-state index contributed by atoms with van der Waals surface area (Å²) >= 11 is 0. The van der Waals surface area contributed by atoms with Crippen LogP contribution >= 0.6 is 0 Å². The summed E-state index contributed by atoms with van der Waals surface area (Å²) in [5.41, 5.74) is 0. The molecule has 0 radical (unpaired) electrons. The lowest BCUT2D eigenvalue weighted by Crippen LogP contribution is -2.20. The van der Waals surface area contributed by atoms with E-state index in [-0.39, 0.29) is 6.42 Å². The van der Waals surface area contributed by atoms with Crippen molar-refractivity contribution in [3.05, 3.63) is 0 Å². The molecule has 1 aliphatic carbocycles. The van der Waals surface area contributed by atoms with E-state index in [4.69, 9.17) is 10.2 Å². The van der Waals surface area contributed by atoms with Crippen molar-refractivity contribution in [3.63, 3.8) is 0 Å². The quantitative estimate of drug-likeness (QED) is 0.381. The van der Waals surface area contributed by atoms with E-state index in [9.17, 15) is 9.59 Å². The fourth-order valence-corrected chi connectivity index (χ4v) is 0.754. The predicted molar refractivity (Wildman–Crippen MR) is 26.6 cm³/mol. The zero-order chi connectivity index (χ0) is 7.02. The van der Waals surface area contributed by atoms with E-state index in [1.165, 1.54) is 0 Å². The SMILES string of the molecule is O=C1C(=O)C(O)CC1O. The van der Waals surface area contributed by atoms with E-state index in [0.717, 1.165) is 0 Å². The van der Waals surface area contributed by atoms with E-state index in [0.29, 0.717) is 0 Å². The third-order valence-corrected chi connectivity index (χ3v) is 1.29. The molecule has 2 atom stereocenters. The largest absolute Gasteiger partial charge is 0.385 e. The van der Waals surface area contributed by atoms with Gasteiger partial charge in [0.15, 0.2) is 0 Å². The Morgan fingerprint density at radius 1 is 1.11 bits per heavy atom. The second kappa shape index (κ2) is 1.89. The second-order valence-corrected chi connectivity index (χ2v) is 2.00. The third-order valence-electron chi connectivity index (χ3n) is 1.29. The number of carbonyl (C=O) groups is 2. The highest BCUT2D eigenvalue weighted by molar-refractivity contribution is 6.42. The fourth-order valence-electron chi connectivity index (χ4n) is 0.754. The molecule has 0 aromatic heterocycles. The van der Waals surface area contributed by atoms with Crippen LogP contribution in [0.1, 0.15) is 6.42 Å². The van der Waals surface area contributed by atoms with Crippen LogP contribution in [-0.2, 0) is 9.59 Å². The highest BCUT2D eigenvalue weighted by Crippen LogP contribution is 2.10. The zero-order valence-electron chi connectivity index (χ0n) is 4.57. The van der Waals surface area contributed by atoms with Crippen molar-refractivity contribution in [1.82, 2.24) is 0 Å². The van der Waals surface area contributed by atoms with Crippen molar-refractivity contribution in [2.75, 3.05) is 0 Å². The van der Waals surface area contributed by atoms with Gasteiger partial charge in [-0.25, -0.2) is 0 Å². The molecule has 1 aliphatic rings. The molecule has 1 rings (SSSR count). The highest BCUT2D eigenvalue weighted by Gasteiger charge is 2.38. The Bertz CT molecular complexity index is 144. The van der Waals surface area contributed by atoms with Gasteiger partial charge in [-0.1, -0.05) is 0 Å². The van der Waals surface area contributed by atoms with E-state index < -0.39 is 23.8 Å². The third kappa shape index (κ3) is 0.863. The molecule has 4 heteroatoms. The molecule has 0 spiro atoms. The van der Waals surface area contributed by atoms with Crippen molar-refractivity contribution >= 4 is 11.6 Å². The summed E-state index contributed by atoms with van der Waals surface area (Å²) in [7, 11) is 0. The van der Waals surface area contributed by atoms with Gasteiger partial charge in [-0.2, -0.15) is 0 Å². The number of rotatable bonds is 0. The van der Waals surface area contributed by atoms with Gasteiger partial charge in [0.25, 0.3) is 0 Å². The Hall–Kier alpha value is -0.740. The molecule has 50 valence electrons. The molecule has 0 aliphatic heterocycles. The van der Waals surface area contributed by atoms with Gasteiger partial charge >= 0.3 is 0 Å². The standard InChI is InChI=1S/C5H6O4/c6-2-1-3(7)5(9)4(2)8/h2-3,6-7H,1H2. The molecular weight excluding hydrogens is 124 g/mol. The minimum absolute atomic E-state index is 0.141. The molecule has 4 nitrogen and oxygen atoms in total. The van der Waals surface area contributed by atoms with Crippen molar-refractivity contribution < 1.29 is 19.8 Å². The number of hydrogen-bond donors (Lipinski definition) is 2. The van der Waals surface area contributed by atoms with Gasteiger partial charge < -0.3 is 10.2 Å². The number of Topliss-reactive ketones (excluding diaryl/α,β-unsaturated/α-hetero) is 2. The number of ketones is 2. The molecule has 1 saturated carbocycles. The van der Waals surface area contributed by atoms with Crippen LogP contribution in [0, 0.1) is 0 Å². The van der Waals surface area contributed by atoms with E-state index in [1.54, 1.807) is 0 Å². The van der Waals surface area contributed by atoms with Crippen molar-refractivity contribution in [1.29, 1.82) is 0 Å². The van der Waals surface area contributed by atoms with Crippen molar-refractivity contribution in [3.8, 4) is 0 Å². The Labute approximate surface area is 51.1 Å². The maximum atomic E-state index is 10.4. The Kier molecular flexibility index (Phi) is 1.34. The van der Waals surface area contributed by atoms with Gasteiger partial charge in [-0.05, 0) is 0 Å². The van der Waals surface area contributed by atoms with Gasteiger partial charge in [0.2, 0.25) is 11.6 Å². The Morgan fingerprint density at radius 3 is 1.56 bits per heavy atom. The van der Waals surface area contributed by atoms with Crippen molar-refractivity contribution in [2.45, 2.75) is 18.6 Å². The lowest BCUT2D eigenvalue weighted by molar-refractivity contribution is -0.139. The molecule has 0 saturated heterocycles. The number of aliphatic hydroxyl groups is 2. The van der Waals surface area contributed by atoms with Gasteiger partial charge in [0, 0.05) is 6.42 Å². The first-order valence-electron chi connectivity index (χ1n) is 2.57. The summed E-state index contributed by atoms with van der Waals surface area (Å²) < 4.78 is 0. The number of aliphatic hydroxyl groups excluding tert-OH is 2. The summed E-state index contributed by atoms with van der Waals surface area (Å²) in [4.78, 5) is 20.7. The van der Waals surface area contributed by atoms with Gasteiger partial charge in [-0.3, -0.25) is 9.59 Å². The Morgan fingerprint density at radius 2 is 1.44 bits per heavy atom. The van der Waals surface area contributed by atoms with E-state index >= 15 is 0 Å². The predicted octanol–water partition coefficient (Wildman–Crippen LogP) is -1.75. The summed E-state index contributed by atoms with van der Waals surface area (Å²) in [6, 6.07) is 0. The smallest absolute Gasteiger partial charge is 0.229 e. The van der Waals surface area contributed by atoms with Crippen LogP contribution in [0.25, 0.3) is 0 Å². The average molecular weight is 130 g/mol. The lowest BCUT2D eigenvalue weighted by Gasteiger charge is -1.92. The van der Waals surface area contributed by atoms with Crippen LogP contribution in [0.15, 0.2) is 0 Å². The van der Waals surface area contributed by atoms with Crippen LogP contribution in [0.5, 0.6) is 0 Å². The molecule has 1 fully saturated rings. The monoisotopic (exact) mass is 130 g/mol. The van der Waals surface area contributed by atoms with Crippen LogP contribution in [-0.4, -0.2) is 34.0 Å². The first kappa shape index (κ1) is 6.38. The summed E-state index contributed by atoms with van der Waals surface area (Å²) in [5.74, 6) is -1.75. The molecule has 2 N–H and O–H groups in total. The molecule has 2 unspecified atom stereocenters. The first-order chi connectivity index (χ1) is 4.13. The Balaban J connectivity index is 2.77. The lowest BCUT2D eigenvalue weighted by atomic mass is 10.3. The maximum Gasteiger partial charge on any atom is 0.229 e. The van der Waals surface area contributed by atoms with Gasteiger partial charge in [0.05, 0.1) is 0 Å². The molecule has 0 aromatic carbocycles. The second-order valence-electron chi connectivity index (χ2n) is 2.00. The molecule has 0 aromatic rings. The minimum atomic E-state index is -1.27. The fraction of sp³-hybridized carbons (Fsp3) is 0.600. The topological polar surface area (TPSA) is 74.6 Å². The van der Waals surface area contributed by atoms with Gasteiger partial charge in [0.1, 0.15) is 12.2 Å². The minimum Gasteiger partial charge on any atom is -0.385 e. The number of hydrogen-bond acceptors (Lipinski definition) is 4. The average Bonchev–Trinajstić information content (AvgIpc) is 1.98. The molecule has 0 amide bonds. The van der Waals surface area contributed by atoms with E-state index in [1.807, 2.05) is 0 Å². The maximum absolute atomic E-state index is 10.4. The van der Waals surface area contributed by atoms with Crippen LogP contribution < -0.4 is 0 Å². The van der Waals surface area contributed by atoms with E-state index in [2.05, 4.69) is 0 Å². The highest BCUT2D eigenvalue weighted by atomic mass is 16.3. The molecular formula is C5H6O4. The molecule has 9 heavy (non-hydrogen) atoms. The summed E-state index contributed by atoms with van der Waals surface area (Å²) in [6.45, 7) is 0. The van der Waals surface area contributed by atoms with Crippen LogP contribution in [0.3, 0.4) is 0 Å². The number of carbonyl (C=O) groups excluding carboxylic acids is 2. The summed E-state index contributed by atoms with van der Waals surface area (Å²) in [6.07, 6.45) is -2.68. The molecule has 0 heterocycles. The van der Waals surface area contributed by atoms with Gasteiger partial charge in [-0.15, -0.1) is 0 Å². The first-order valence-corrected chi connectivity index (χ1v) is 2.57. The zero-order valence-corrected chi connectivity index (χ0v) is 4.57. The van der Waals surface area contributed by atoms with Crippen molar-refractivity contribution in [2.24, 2.45) is 0 Å². The summed E-state index contributed by atoms with van der Waals surface area (Å²) in [5, 5.41) is 17.2. The van der Waals surface area contributed by atoms with Crippen LogP contribution in [0.2, 0.25) is 0 Å². The van der Waals surface area contributed by atoms with Crippen LogP contribution in [0.4, 0.5) is 0 Å².